The van der Waals surface area contributed by atoms with Gasteiger partial charge in [0.05, 0.1) is 25.1 Å². The van der Waals surface area contributed by atoms with Crippen molar-refractivity contribution in [1.29, 1.82) is 0 Å². The quantitative estimate of drug-likeness (QED) is 0.413. The Balaban J connectivity index is 1.79. The first-order chi connectivity index (χ1) is 13.7. The Morgan fingerprint density at radius 3 is 2.47 bits per heavy atom. The van der Waals surface area contributed by atoms with Crippen molar-refractivity contribution >= 4 is 15.9 Å². The summed E-state index contributed by atoms with van der Waals surface area (Å²) in [6.07, 6.45) is -0.583. The lowest BCUT2D eigenvalue weighted by atomic mass is 9.35. The van der Waals surface area contributed by atoms with Crippen molar-refractivity contribution in [2.24, 2.45) is 34.0 Å². The third-order valence-corrected chi connectivity index (χ3v) is 9.72. The van der Waals surface area contributed by atoms with E-state index in [1.54, 1.807) is 0 Å². The van der Waals surface area contributed by atoms with Gasteiger partial charge in [-0.15, -0.1) is 0 Å². The second kappa shape index (κ2) is 5.74. The Hall–Kier alpha value is -0.840. The average Bonchev–Trinajstić information content (AvgIpc) is 2.74. The van der Waals surface area contributed by atoms with Crippen LogP contribution in [0.1, 0.15) is 39.5 Å². The summed E-state index contributed by atoms with van der Waals surface area (Å²) in [6.45, 7) is 7.79. The summed E-state index contributed by atoms with van der Waals surface area (Å²) in [7, 11) is -3.83. The van der Waals surface area contributed by atoms with E-state index in [2.05, 4.69) is 6.58 Å². The predicted octanol–water partition coefficient (Wildman–Crippen LogP) is 0.359. The molecule has 6 rings (SSSR count). The summed E-state index contributed by atoms with van der Waals surface area (Å²) < 4.78 is 35.7. The lowest BCUT2D eigenvalue weighted by Gasteiger charge is -2.74. The van der Waals surface area contributed by atoms with Crippen molar-refractivity contribution < 1.29 is 37.5 Å². The highest BCUT2D eigenvalue weighted by molar-refractivity contribution is 7.86. The topological polar surface area (TPSA) is 130 Å². The van der Waals surface area contributed by atoms with Gasteiger partial charge in [-0.1, -0.05) is 20.4 Å². The second-order valence-corrected chi connectivity index (χ2v) is 12.3. The van der Waals surface area contributed by atoms with Crippen molar-refractivity contribution in [2.75, 3.05) is 12.9 Å². The van der Waals surface area contributed by atoms with Crippen LogP contribution in [-0.4, -0.2) is 66.5 Å². The molecule has 3 N–H and O–H groups in total. The Morgan fingerprint density at radius 1 is 1.17 bits per heavy atom. The van der Waals surface area contributed by atoms with Crippen molar-refractivity contribution in [3.8, 4) is 0 Å². The molecule has 2 aliphatic heterocycles. The average molecular weight is 443 g/mol. The van der Waals surface area contributed by atoms with E-state index in [-0.39, 0.29) is 12.2 Å². The molecule has 0 radical (unpaired) electrons. The normalized spacial score (nSPS) is 54.1. The van der Waals surface area contributed by atoms with Gasteiger partial charge in [0.2, 0.25) is 5.79 Å². The van der Waals surface area contributed by atoms with E-state index in [9.17, 15) is 28.5 Å². The fourth-order valence-corrected chi connectivity index (χ4v) is 8.92. The molecule has 30 heavy (non-hydrogen) atoms. The van der Waals surface area contributed by atoms with Gasteiger partial charge in [-0.25, -0.2) is 0 Å². The Morgan fingerprint density at radius 2 is 1.83 bits per heavy atom. The smallest absolute Gasteiger partial charge is 0.264 e. The standard InChI is InChI=1S/C21H30O8S/c1-10-11-5-6-12-19-9-28-21(25,20(12,15(10)22)16(11)23)17(24)14(19)18(2,3)8-7-13(19)29-30(4,26)27/h11-14,16-17,23-25H,1,5-9H2,2-4H3/t11-,12-,13-,14+,16+,17-,19+,20-,21?/m0/s1. The van der Waals surface area contributed by atoms with Crippen LogP contribution in [0.4, 0.5) is 0 Å². The summed E-state index contributed by atoms with van der Waals surface area (Å²) in [5.41, 5.74) is -3.03. The molecule has 9 atom stereocenters. The molecular weight excluding hydrogens is 412 g/mol. The van der Waals surface area contributed by atoms with Crippen LogP contribution in [0.25, 0.3) is 0 Å². The SMILES string of the molecule is C=C1C(=O)[C@]23[C@H](O)[C@H]1CC[C@H]2[C@@]12COC3(O)[C@@H](O)[C@@H]1C(C)(C)CC[C@@H]2OS(C)(=O)=O. The molecule has 168 valence electrons. The first-order valence-electron chi connectivity index (χ1n) is 10.6. The molecule has 0 aromatic heterocycles. The molecule has 8 nitrogen and oxygen atoms in total. The molecule has 6 fully saturated rings. The van der Waals surface area contributed by atoms with Crippen LogP contribution in [0.3, 0.4) is 0 Å². The summed E-state index contributed by atoms with van der Waals surface area (Å²) in [4.78, 5) is 13.5. The summed E-state index contributed by atoms with van der Waals surface area (Å²) in [5.74, 6) is -4.41. The van der Waals surface area contributed by atoms with E-state index in [1.165, 1.54) is 0 Å². The molecule has 0 aromatic carbocycles. The van der Waals surface area contributed by atoms with Gasteiger partial charge in [0.15, 0.2) is 5.78 Å². The van der Waals surface area contributed by atoms with Gasteiger partial charge in [-0.3, -0.25) is 8.98 Å². The van der Waals surface area contributed by atoms with Crippen LogP contribution in [-0.2, 0) is 23.8 Å². The molecule has 0 aromatic rings. The minimum Gasteiger partial charge on any atom is -0.391 e. The number of aliphatic hydroxyl groups excluding tert-OH is 2. The van der Waals surface area contributed by atoms with E-state index in [1.807, 2.05) is 13.8 Å². The van der Waals surface area contributed by atoms with Gasteiger partial charge in [-0.2, -0.15) is 8.42 Å². The summed E-state index contributed by atoms with van der Waals surface area (Å²) in [6, 6.07) is 0. The second-order valence-electron chi connectivity index (χ2n) is 10.7. The molecule has 4 bridgehead atoms. The van der Waals surface area contributed by atoms with Crippen molar-refractivity contribution in [3.63, 3.8) is 0 Å². The molecule has 2 spiro atoms. The maximum atomic E-state index is 13.5. The zero-order valence-electron chi connectivity index (χ0n) is 17.5. The van der Waals surface area contributed by atoms with E-state index in [0.29, 0.717) is 25.7 Å². The fraction of sp³-hybridized carbons (Fsp3) is 0.857. The van der Waals surface area contributed by atoms with E-state index in [4.69, 9.17) is 8.92 Å². The largest absolute Gasteiger partial charge is 0.391 e. The van der Waals surface area contributed by atoms with Crippen LogP contribution in [0, 0.1) is 34.0 Å². The third-order valence-electron chi connectivity index (χ3n) is 9.14. The van der Waals surface area contributed by atoms with Crippen LogP contribution >= 0.6 is 0 Å². The molecule has 9 heteroatoms. The van der Waals surface area contributed by atoms with Gasteiger partial charge in [0, 0.05) is 17.3 Å². The maximum Gasteiger partial charge on any atom is 0.264 e. The molecular formula is C21H30O8S. The Labute approximate surface area is 176 Å². The molecule has 2 saturated heterocycles. The van der Waals surface area contributed by atoms with Crippen LogP contribution in [0.15, 0.2) is 12.2 Å². The van der Waals surface area contributed by atoms with Gasteiger partial charge in [-0.05, 0) is 42.6 Å². The number of ether oxygens (including phenoxy) is 1. The monoisotopic (exact) mass is 442 g/mol. The maximum absolute atomic E-state index is 13.5. The number of hydrogen-bond acceptors (Lipinski definition) is 8. The lowest BCUT2D eigenvalue weighted by Crippen LogP contribution is -2.85. The predicted molar refractivity (Wildman–Crippen MR) is 104 cm³/mol. The minimum absolute atomic E-state index is 0.0433. The Kier molecular flexibility index (Phi) is 4.02. The van der Waals surface area contributed by atoms with Crippen LogP contribution in [0.5, 0.6) is 0 Å². The molecule has 4 saturated carbocycles. The number of fused-ring (bicyclic) bond motifs is 2. The highest BCUT2D eigenvalue weighted by Gasteiger charge is 2.87. The zero-order valence-corrected chi connectivity index (χ0v) is 18.3. The fourth-order valence-electron chi connectivity index (χ4n) is 8.22. The van der Waals surface area contributed by atoms with Gasteiger partial charge in [0.1, 0.15) is 11.5 Å². The van der Waals surface area contributed by atoms with Gasteiger partial charge < -0.3 is 20.1 Å². The number of ketones is 1. The van der Waals surface area contributed by atoms with E-state index >= 15 is 0 Å². The number of Topliss-reactive ketones (excluding diaryl/α,β-unsaturated/α-hetero) is 1. The number of rotatable bonds is 2. The van der Waals surface area contributed by atoms with Crippen molar-refractivity contribution in [3.05, 3.63) is 12.2 Å². The molecule has 1 unspecified atom stereocenters. The number of hydrogen-bond donors (Lipinski definition) is 3. The molecule has 2 heterocycles. The first-order valence-corrected chi connectivity index (χ1v) is 12.4. The Bertz CT molecular complexity index is 943. The van der Waals surface area contributed by atoms with Gasteiger partial charge >= 0.3 is 0 Å². The lowest BCUT2D eigenvalue weighted by molar-refractivity contribution is -0.457. The van der Waals surface area contributed by atoms with Crippen molar-refractivity contribution in [1.82, 2.24) is 0 Å². The number of carbonyl (C=O) groups is 1. The van der Waals surface area contributed by atoms with Crippen molar-refractivity contribution in [2.45, 2.75) is 63.6 Å². The van der Waals surface area contributed by atoms with Gasteiger partial charge in [0.25, 0.3) is 10.1 Å². The minimum atomic E-state index is -3.83. The van der Waals surface area contributed by atoms with E-state index < -0.39 is 74.0 Å². The highest BCUT2D eigenvalue weighted by atomic mass is 32.2. The van der Waals surface area contributed by atoms with E-state index in [0.717, 1.165) is 6.26 Å². The first kappa shape index (κ1) is 21.0. The molecule has 4 aliphatic carbocycles. The number of aliphatic hydroxyl groups is 3. The zero-order chi connectivity index (χ0) is 22.1. The third kappa shape index (κ3) is 2.05. The summed E-state index contributed by atoms with van der Waals surface area (Å²) in [5, 5.41) is 34.5. The molecule has 6 aliphatic rings. The number of carbonyl (C=O) groups excluding carboxylic acids is 1. The molecule has 0 amide bonds. The highest BCUT2D eigenvalue weighted by Crippen LogP contribution is 2.76. The summed E-state index contributed by atoms with van der Waals surface area (Å²) >= 11 is 0. The van der Waals surface area contributed by atoms with Crippen LogP contribution < -0.4 is 0 Å². The van der Waals surface area contributed by atoms with Crippen LogP contribution in [0.2, 0.25) is 0 Å².